The fourth-order valence-corrected chi connectivity index (χ4v) is 4.56. The van der Waals surface area contributed by atoms with E-state index in [1.807, 2.05) is 27.7 Å². The highest BCUT2D eigenvalue weighted by atomic mass is 16.5. The maximum absolute atomic E-state index is 13.2. The van der Waals surface area contributed by atoms with Crippen LogP contribution in [0.4, 0.5) is 0 Å². The van der Waals surface area contributed by atoms with E-state index in [-0.39, 0.29) is 18.0 Å². The van der Waals surface area contributed by atoms with Crippen molar-refractivity contribution in [1.29, 1.82) is 0 Å². The van der Waals surface area contributed by atoms with E-state index in [0.29, 0.717) is 34.5 Å². The number of nitrogens with zero attached hydrogens (tertiary/aromatic N) is 1. The number of hydrogen-bond acceptors (Lipinski definition) is 3. The first kappa shape index (κ1) is 18.0. The van der Waals surface area contributed by atoms with Crippen LogP contribution in [-0.2, 0) is 4.74 Å². The number of hydrogen-bond donors (Lipinski definition) is 1. The van der Waals surface area contributed by atoms with Crippen LogP contribution in [0.2, 0.25) is 0 Å². The highest BCUT2D eigenvalue weighted by Crippen LogP contribution is 2.36. The second-order valence-corrected chi connectivity index (χ2v) is 7.83. The van der Waals surface area contributed by atoms with Crippen molar-refractivity contribution in [1.82, 2.24) is 9.88 Å². The van der Waals surface area contributed by atoms with Crippen LogP contribution in [-0.4, -0.2) is 40.5 Å². The van der Waals surface area contributed by atoms with Gasteiger partial charge in [-0.1, -0.05) is 12.8 Å². The van der Waals surface area contributed by atoms with Gasteiger partial charge < -0.3 is 14.6 Å². The van der Waals surface area contributed by atoms with Crippen LogP contribution >= 0.6 is 0 Å². The number of aromatic nitrogens is 1. The number of piperidine rings is 1. The molecule has 2 atom stereocenters. The van der Waals surface area contributed by atoms with Gasteiger partial charge in [-0.15, -0.1) is 0 Å². The molecule has 1 saturated carbocycles. The average molecular weight is 346 g/mol. The van der Waals surface area contributed by atoms with Crippen LogP contribution in [0.5, 0.6) is 0 Å². The summed E-state index contributed by atoms with van der Waals surface area (Å²) in [7, 11) is 0. The molecule has 0 unspecified atom stereocenters. The number of carbonyl (C=O) groups is 2. The molecular weight excluding hydrogens is 316 g/mol. The van der Waals surface area contributed by atoms with Gasteiger partial charge in [0.05, 0.1) is 11.7 Å². The van der Waals surface area contributed by atoms with Crippen molar-refractivity contribution in [3.63, 3.8) is 0 Å². The largest absolute Gasteiger partial charge is 0.459 e. The lowest BCUT2D eigenvalue weighted by atomic mass is 9.78. The highest BCUT2D eigenvalue weighted by Gasteiger charge is 2.37. The summed E-state index contributed by atoms with van der Waals surface area (Å²) in [5.41, 5.74) is 2.49. The van der Waals surface area contributed by atoms with E-state index in [0.717, 1.165) is 19.4 Å². The van der Waals surface area contributed by atoms with Crippen molar-refractivity contribution in [2.75, 3.05) is 6.54 Å². The van der Waals surface area contributed by atoms with Crippen LogP contribution in [0.3, 0.4) is 0 Å². The predicted octanol–water partition coefficient (Wildman–Crippen LogP) is 3.99. The number of nitrogens with one attached hydrogen (secondary N) is 1. The Bertz CT molecular complexity index is 660. The van der Waals surface area contributed by atoms with Crippen molar-refractivity contribution in [3.8, 4) is 0 Å². The normalized spacial score (nSPS) is 23.5. The molecule has 5 heteroatoms. The molecule has 1 saturated heterocycles. The zero-order valence-corrected chi connectivity index (χ0v) is 15.9. The van der Waals surface area contributed by atoms with Gasteiger partial charge in [-0.05, 0) is 64.9 Å². The summed E-state index contributed by atoms with van der Waals surface area (Å²) in [6, 6.07) is 0.365. The first-order valence-electron chi connectivity index (χ1n) is 9.61. The topological polar surface area (TPSA) is 62.4 Å². The maximum atomic E-state index is 13.2. The molecule has 0 aromatic carbocycles. The van der Waals surface area contributed by atoms with E-state index >= 15 is 0 Å². The Kier molecular flexibility index (Phi) is 5.21. The number of fused-ring (bicyclic) bond motifs is 1. The Labute approximate surface area is 150 Å². The van der Waals surface area contributed by atoms with Gasteiger partial charge in [-0.25, -0.2) is 4.79 Å². The molecule has 1 aliphatic heterocycles. The van der Waals surface area contributed by atoms with Crippen LogP contribution in [0, 0.1) is 19.8 Å². The zero-order chi connectivity index (χ0) is 18.1. The third-order valence-corrected chi connectivity index (χ3v) is 5.70. The van der Waals surface area contributed by atoms with Gasteiger partial charge >= 0.3 is 5.97 Å². The molecule has 1 aliphatic carbocycles. The number of aryl methyl sites for hydroxylation is 1. The molecule has 138 valence electrons. The molecule has 25 heavy (non-hydrogen) atoms. The number of esters is 1. The number of amides is 1. The van der Waals surface area contributed by atoms with Gasteiger partial charge in [0.1, 0.15) is 5.69 Å². The molecule has 0 spiro atoms. The fourth-order valence-electron chi connectivity index (χ4n) is 4.56. The van der Waals surface area contributed by atoms with Crippen molar-refractivity contribution in [2.45, 2.75) is 78.4 Å². The van der Waals surface area contributed by atoms with Gasteiger partial charge in [-0.2, -0.15) is 0 Å². The number of rotatable bonds is 3. The van der Waals surface area contributed by atoms with Crippen LogP contribution < -0.4 is 0 Å². The molecule has 1 N–H and O–H groups in total. The second kappa shape index (κ2) is 7.22. The first-order chi connectivity index (χ1) is 11.9. The lowest BCUT2D eigenvalue weighted by Gasteiger charge is -2.44. The van der Waals surface area contributed by atoms with Crippen LogP contribution in [0.25, 0.3) is 0 Å². The summed E-state index contributed by atoms with van der Waals surface area (Å²) in [5, 5.41) is 0. The highest BCUT2D eigenvalue weighted by molar-refractivity contribution is 6.00. The summed E-state index contributed by atoms with van der Waals surface area (Å²) in [6.07, 6.45) is 6.98. The fraction of sp³-hybridized carbons (Fsp3) is 0.700. The van der Waals surface area contributed by atoms with E-state index in [9.17, 15) is 9.59 Å². The molecule has 2 aliphatic rings. The minimum Gasteiger partial charge on any atom is -0.459 e. The second-order valence-electron chi connectivity index (χ2n) is 7.83. The maximum Gasteiger partial charge on any atom is 0.340 e. The Morgan fingerprint density at radius 2 is 1.80 bits per heavy atom. The number of aromatic amines is 1. The molecule has 1 amide bonds. The van der Waals surface area contributed by atoms with Crippen LogP contribution in [0.15, 0.2) is 0 Å². The molecular formula is C20H30N2O3. The molecule has 0 radical (unpaired) electrons. The minimum atomic E-state index is -0.352. The lowest BCUT2D eigenvalue weighted by Crippen LogP contribution is -2.49. The lowest BCUT2D eigenvalue weighted by molar-refractivity contribution is 0.0376. The third kappa shape index (κ3) is 3.46. The van der Waals surface area contributed by atoms with E-state index in [1.165, 1.54) is 25.7 Å². The van der Waals surface area contributed by atoms with Crippen molar-refractivity contribution in [3.05, 3.63) is 22.5 Å². The SMILES string of the molecule is Cc1[nH]c(C(=O)N2CCC[C@H]3CCCC[C@@H]32)c(C)c1C(=O)OC(C)C. The Hall–Kier alpha value is -1.78. The monoisotopic (exact) mass is 346 g/mol. The predicted molar refractivity (Wildman–Crippen MR) is 96.8 cm³/mol. The van der Waals surface area contributed by atoms with Crippen molar-refractivity contribution >= 4 is 11.9 Å². The Morgan fingerprint density at radius 1 is 1.12 bits per heavy atom. The Morgan fingerprint density at radius 3 is 2.52 bits per heavy atom. The molecule has 1 aromatic rings. The zero-order valence-electron chi connectivity index (χ0n) is 15.9. The van der Waals surface area contributed by atoms with Crippen LogP contribution in [0.1, 0.15) is 84.5 Å². The van der Waals surface area contributed by atoms with Gasteiger partial charge in [0, 0.05) is 18.3 Å². The Balaban J connectivity index is 1.86. The summed E-state index contributed by atoms with van der Waals surface area (Å²) in [4.78, 5) is 30.8. The van der Waals surface area contributed by atoms with E-state index in [2.05, 4.69) is 9.88 Å². The van der Waals surface area contributed by atoms with Crippen molar-refractivity contribution in [2.24, 2.45) is 5.92 Å². The summed E-state index contributed by atoms with van der Waals surface area (Å²) >= 11 is 0. The number of likely N-dealkylation sites (tertiary alicyclic amines) is 1. The van der Waals surface area contributed by atoms with Gasteiger partial charge in [0.25, 0.3) is 5.91 Å². The van der Waals surface area contributed by atoms with Gasteiger partial charge in [0.15, 0.2) is 0 Å². The summed E-state index contributed by atoms with van der Waals surface area (Å²) in [6.45, 7) is 8.16. The average Bonchev–Trinajstić information content (AvgIpc) is 2.87. The van der Waals surface area contributed by atoms with E-state index < -0.39 is 0 Å². The molecule has 2 heterocycles. The summed E-state index contributed by atoms with van der Waals surface area (Å²) in [5.74, 6) is 0.337. The standard InChI is InChI=1S/C20H30N2O3/c1-12(2)25-20(24)17-13(3)18(21-14(17)4)19(23)22-11-7-9-15-8-5-6-10-16(15)22/h12,15-16,21H,5-11H2,1-4H3/t15-,16+/m1/s1. The minimum absolute atomic E-state index is 0.0424. The van der Waals surface area contributed by atoms with E-state index in [4.69, 9.17) is 4.74 Å². The quantitative estimate of drug-likeness (QED) is 0.842. The summed E-state index contributed by atoms with van der Waals surface area (Å²) < 4.78 is 5.34. The van der Waals surface area contributed by atoms with Gasteiger partial charge in [0.2, 0.25) is 0 Å². The number of carbonyl (C=O) groups excluding carboxylic acids is 2. The molecule has 2 fully saturated rings. The first-order valence-corrected chi connectivity index (χ1v) is 9.61. The third-order valence-electron chi connectivity index (χ3n) is 5.70. The molecule has 5 nitrogen and oxygen atoms in total. The van der Waals surface area contributed by atoms with E-state index in [1.54, 1.807) is 0 Å². The smallest absolute Gasteiger partial charge is 0.340 e. The number of H-pyrrole nitrogens is 1. The molecule has 3 rings (SSSR count). The van der Waals surface area contributed by atoms with Gasteiger partial charge in [-0.3, -0.25) is 4.79 Å². The molecule has 1 aromatic heterocycles. The molecule has 0 bridgehead atoms. The van der Waals surface area contributed by atoms with Crippen molar-refractivity contribution < 1.29 is 14.3 Å². The number of ether oxygens (including phenoxy) is 1.